The molecule has 0 aromatic heterocycles. The number of nitrogens with one attached hydrogen (secondary N) is 2. The summed E-state index contributed by atoms with van der Waals surface area (Å²) in [6.45, 7) is 7.51. The van der Waals surface area contributed by atoms with Crippen LogP contribution in [0, 0.1) is 11.8 Å². The first kappa shape index (κ1) is 22.8. The van der Waals surface area contributed by atoms with Gasteiger partial charge in [0.05, 0.1) is 17.6 Å². The van der Waals surface area contributed by atoms with Crippen molar-refractivity contribution < 1.29 is 20.1 Å². The van der Waals surface area contributed by atoms with Crippen LogP contribution in [0.25, 0.3) is 0 Å². The van der Waals surface area contributed by atoms with E-state index in [1.54, 1.807) is 6.07 Å². The maximum atomic E-state index is 12.3. The molecule has 6 heteroatoms. The van der Waals surface area contributed by atoms with Gasteiger partial charge in [-0.15, -0.1) is 0 Å². The lowest BCUT2D eigenvalue weighted by molar-refractivity contribution is -0.0861. The van der Waals surface area contributed by atoms with Crippen molar-refractivity contribution in [3.8, 4) is 11.5 Å². The number of hydrogen-bond donors (Lipinski definition) is 5. The summed E-state index contributed by atoms with van der Waals surface area (Å²) in [6.07, 6.45) is 7.19. The quantitative estimate of drug-likeness (QED) is 0.326. The van der Waals surface area contributed by atoms with Crippen molar-refractivity contribution in [3.05, 3.63) is 23.3 Å². The average molecular weight is 433 g/mol. The minimum Gasteiger partial charge on any atom is -0.504 e. The predicted molar refractivity (Wildman–Crippen MR) is 122 cm³/mol. The third-order valence-electron chi connectivity index (χ3n) is 7.94. The van der Waals surface area contributed by atoms with Crippen molar-refractivity contribution in [1.82, 2.24) is 10.6 Å². The van der Waals surface area contributed by atoms with Crippen LogP contribution in [0.1, 0.15) is 63.5 Å². The first-order chi connectivity index (χ1) is 14.9. The minimum absolute atomic E-state index is 0.0110. The highest BCUT2D eigenvalue weighted by atomic mass is 16.5. The Labute approximate surface area is 186 Å². The summed E-state index contributed by atoms with van der Waals surface area (Å²) in [7, 11) is 0. The van der Waals surface area contributed by atoms with Crippen LogP contribution < -0.4 is 15.4 Å². The van der Waals surface area contributed by atoms with Crippen LogP contribution in [0.3, 0.4) is 0 Å². The van der Waals surface area contributed by atoms with Crippen LogP contribution in [0.4, 0.5) is 0 Å². The lowest BCUT2D eigenvalue weighted by atomic mass is 9.58. The monoisotopic (exact) mass is 432 g/mol. The molecule has 3 aliphatic rings. The van der Waals surface area contributed by atoms with Gasteiger partial charge >= 0.3 is 0 Å². The molecule has 4 atom stereocenters. The highest BCUT2D eigenvalue weighted by Gasteiger charge is 2.60. The van der Waals surface area contributed by atoms with Crippen molar-refractivity contribution in [2.75, 3.05) is 32.8 Å². The van der Waals surface area contributed by atoms with E-state index >= 15 is 0 Å². The normalized spacial score (nSPS) is 30.1. The van der Waals surface area contributed by atoms with Crippen molar-refractivity contribution in [2.45, 2.75) is 75.9 Å². The molecular formula is C25H40N2O4. The molecule has 1 aromatic rings. The van der Waals surface area contributed by atoms with Gasteiger partial charge in [-0.05, 0) is 88.4 Å². The largest absolute Gasteiger partial charge is 0.504 e. The maximum Gasteiger partial charge on any atom is 0.165 e. The maximum absolute atomic E-state index is 12.3. The Balaban J connectivity index is 1.49. The molecule has 0 bridgehead atoms. The number of phenolic OH excluding ortho intramolecular Hbond substituents is 1. The molecule has 4 rings (SSSR count). The summed E-state index contributed by atoms with van der Waals surface area (Å²) in [5.41, 5.74) is 0.754. The molecule has 2 aliphatic carbocycles. The second-order valence-corrected chi connectivity index (χ2v) is 10.4. The van der Waals surface area contributed by atoms with Gasteiger partial charge in [0.25, 0.3) is 0 Å². The topological polar surface area (TPSA) is 94.0 Å². The molecule has 5 N–H and O–H groups in total. The summed E-state index contributed by atoms with van der Waals surface area (Å²) in [4.78, 5) is 0. The lowest BCUT2D eigenvalue weighted by Gasteiger charge is -2.51. The number of hydrogen-bond acceptors (Lipinski definition) is 6. The average Bonchev–Trinajstić information content (AvgIpc) is 3.51. The van der Waals surface area contributed by atoms with E-state index in [9.17, 15) is 10.2 Å². The summed E-state index contributed by atoms with van der Waals surface area (Å²) >= 11 is 0. The SMILES string of the molecule is CC(CCCNCCO)CC[C@]1(O)[C@@H](NCC2CC2)Cc2ccc(O)c3c2C1(C)CO3. The van der Waals surface area contributed by atoms with Crippen LogP contribution in [0.2, 0.25) is 0 Å². The van der Waals surface area contributed by atoms with Crippen LogP contribution in [-0.2, 0) is 11.8 Å². The molecule has 1 saturated carbocycles. The molecule has 1 heterocycles. The van der Waals surface area contributed by atoms with Gasteiger partial charge in [-0.1, -0.05) is 13.0 Å². The molecule has 1 aromatic carbocycles. The van der Waals surface area contributed by atoms with Crippen LogP contribution in [0.5, 0.6) is 11.5 Å². The van der Waals surface area contributed by atoms with Gasteiger partial charge in [-0.25, -0.2) is 0 Å². The zero-order valence-electron chi connectivity index (χ0n) is 19.1. The van der Waals surface area contributed by atoms with Crippen LogP contribution >= 0.6 is 0 Å². The van der Waals surface area contributed by atoms with Gasteiger partial charge in [0.1, 0.15) is 6.61 Å². The van der Waals surface area contributed by atoms with Crippen molar-refractivity contribution >= 4 is 0 Å². The van der Waals surface area contributed by atoms with Crippen molar-refractivity contribution in [2.24, 2.45) is 11.8 Å². The number of phenols is 1. The summed E-state index contributed by atoms with van der Waals surface area (Å²) in [5, 5.41) is 38.5. The Hall–Kier alpha value is -1.34. The lowest BCUT2D eigenvalue weighted by Crippen LogP contribution is -2.66. The van der Waals surface area contributed by atoms with Crippen molar-refractivity contribution in [1.29, 1.82) is 0 Å². The number of aromatic hydroxyl groups is 1. The molecule has 6 nitrogen and oxygen atoms in total. The number of rotatable bonds is 12. The van der Waals surface area contributed by atoms with E-state index in [0.29, 0.717) is 24.8 Å². The fraction of sp³-hybridized carbons (Fsp3) is 0.760. The Morgan fingerprint density at radius 3 is 2.77 bits per heavy atom. The molecule has 174 valence electrons. The zero-order chi connectivity index (χ0) is 22.1. The Morgan fingerprint density at radius 1 is 1.23 bits per heavy atom. The van der Waals surface area contributed by atoms with E-state index in [1.165, 1.54) is 18.4 Å². The number of aliphatic hydroxyl groups excluding tert-OH is 1. The second kappa shape index (κ2) is 9.26. The third kappa shape index (κ3) is 4.45. The number of ether oxygens (including phenoxy) is 1. The number of aliphatic hydroxyl groups is 2. The van der Waals surface area contributed by atoms with E-state index in [-0.39, 0.29) is 18.4 Å². The van der Waals surface area contributed by atoms with E-state index < -0.39 is 11.0 Å². The number of benzene rings is 1. The first-order valence-corrected chi connectivity index (χ1v) is 12.1. The van der Waals surface area contributed by atoms with Crippen LogP contribution in [-0.4, -0.2) is 59.8 Å². The standard InChI is InChI=1S/C25H40N2O4/c1-17(4-3-11-26-12-13-28)9-10-25(30)21(27-15-18-5-6-18)14-19-7-8-20(29)23-22(19)24(25,2)16-31-23/h7-8,17-18,21,26-30H,3-6,9-16H2,1-2H3/t17?,21-,24?,25-/m0/s1. The summed E-state index contributed by atoms with van der Waals surface area (Å²) in [5.74, 6) is 2.01. The molecule has 1 fully saturated rings. The highest BCUT2D eigenvalue weighted by Crippen LogP contribution is 2.56. The predicted octanol–water partition coefficient (Wildman–Crippen LogP) is 2.48. The molecule has 0 amide bonds. The van der Waals surface area contributed by atoms with Crippen LogP contribution in [0.15, 0.2) is 12.1 Å². The van der Waals surface area contributed by atoms with Gasteiger partial charge in [-0.2, -0.15) is 0 Å². The summed E-state index contributed by atoms with van der Waals surface area (Å²) < 4.78 is 5.98. The van der Waals surface area contributed by atoms with Gasteiger partial charge in [0, 0.05) is 18.2 Å². The summed E-state index contributed by atoms with van der Waals surface area (Å²) in [6, 6.07) is 3.73. The van der Waals surface area contributed by atoms with Gasteiger partial charge < -0.3 is 30.7 Å². The molecule has 1 aliphatic heterocycles. The van der Waals surface area contributed by atoms with Crippen molar-refractivity contribution in [3.63, 3.8) is 0 Å². The fourth-order valence-electron chi connectivity index (χ4n) is 5.65. The molecular weight excluding hydrogens is 392 g/mol. The van der Waals surface area contributed by atoms with Gasteiger partial charge in [0.2, 0.25) is 0 Å². The van der Waals surface area contributed by atoms with E-state index in [1.807, 2.05) is 6.07 Å². The Kier molecular flexibility index (Phi) is 6.82. The molecule has 2 unspecified atom stereocenters. The van der Waals surface area contributed by atoms with E-state index in [2.05, 4.69) is 24.5 Å². The van der Waals surface area contributed by atoms with Gasteiger partial charge in [0.15, 0.2) is 11.5 Å². The molecule has 0 spiro atoms. The molecule has 0 saturated heterocycles. The Morgan fingerprint density at radius 2 is 2.03 bits per heavy atom. The van der Waals surface area contributed by atoms with Gasteiger partial charge in [-0.3, -0.25) is 0 Å². The first-order valence-electron chi connectivity index (χ1n) is 12.1. The molecule has 31 heavy (non-hydrogen) atoms. The van der Waals surface area contributed by atoms with E-state index in [4.69, 9.17) is 9.84 Å². The fourth-order valence-corrected chi connectivity index (χ4v) is 5.65. The molecule has 0 radical (unpaired) electrons. The minimum atomic E-state index is -0.919. The second-order valence-electron chi connectivity index (χ2n) is 10.4. The third-order valence-corrected chi connectivity index (χ3v) is 7.94. The van der Waals surface area contributed by atoms with E-state index in [0.717, 1.165) is 56.7 Å². The Bertz CT molecular complexity index is 768. The highest BCUT2D eigenvalue weighted by molar-refractivity contribution is 5.59. The smallest absolute Gasteiger partial charge is 0.165 e. The zero-order valence-corrected chi connectivity index (χ0v) is 19.1.